The molecule has 2 unspecified atom stereocenters. The largest absolute Gasteiger partial charge is 0.352 e. The number of hydrogen-bond donors (Lipinski definition) is 4. The van der Waals surface area contributed by atoms with E-state index in [1.165, 1.54) is 6.33 Å². The maximum Gasteiger partial charge on any atom is 0.312 e. The second kappa shape index (κ2) is 6.63. The van der Waals surface area contributed by atoms with Gasteiger partial charge in [0.15, 0.2) is 0 Å². The predicted octanol–water partition coefficient (Wildman–Crippen LogP) is 0.109. The van der Waals surface area contributed by atoms with E-state index in [1.54, 1.807) is 6.20 Å². The molecule has 1 rings (SSSR count). The average Bonchev–Trinajstić information content (AvgIpc) is 2.85. The fourth-order valence-electron chi connectivity index (χ4n) is 1.53. The highest BCUT2D eigenvalue weighted by Crippen LogP contribution is 2.08. The van der Waals surface area contributed by atoms with E-state index in [-0.39, 0.29) is 11.8 Å². The maximum atomic E-state index is 12.0. The van der Waals surface area contributed by atoms with Gasteiger partial charge in [-0.15, -0.1) is 0 Å². The van der Waals surface area contributed by atoms with Gasteiger partial charge in [-0.1, -0.05) is 20.3 Å². The molecule has 0 aliphatic rings. The Morgan fingerprint density at radius 3 is 2.78 bits per heavy atom. The number of imidazole rings is 1. The van der Waals surface area contributed by atoms with Gasteiger partial charge in [-0.3, -0.25) is 4.79 Å². The number of aromatic amines is 1. The highest BCUT2D eigenvalue weighted by molar-refractivity contribution is 5.86. The molecule has 1 heterocycles. The lowest BCUT2D eigenvalue weighted by Crippen LogP contribution is -2.51. The molecule has 2 atom stereocenters. The predicted molar refractivity (Wildman–Crippen MR) is 66.4 cm³/mol. The molecule has 0 saturated carbocycles. The third-order valence-corrected chi connectivity index (χ3v) is 2.80. The summed E-state index contributed by atoms with van der Waals surface area (Å²) in [7, 11) is 0. The van der Waals surface area contributed by atoms with Gasteiger partial charge in [-0.05, 0) is 5.92 Å². The van der Waals surface area contributed by atoms with E-state index >= 15 is 0 Å². The zero-order valence-corrected chi connectivity index (χ0v) is 10.6. The third kappa shape index (κ3) is 4.08. The summed E-state index contributed by atoms with van der Waals surface area (Å²) in [5, 5.41) is 5.19. The number of carbonyl (C=O) groups is 2. The van der Waals surface area contributed by atoms with E-state index < -0.39 is 12.1 Å². The zero-order chi connectivity index (χ0) is 13.5. The standard InChI is InChI=1S/C11H19N5O2/c1-3-7(2)9(16-11(12)18)10(17)14-5-8-4-13-6-15-8/h4,6-7,9H,3,5H2,1-2H3,(H,13,15)(H,14,17)(H3,12,16,18). The van der Waals surface area contributed by atoms with Crippen LogP contribution in [0.1, 0.15) is 26.0 Å². The summed E-state index contributed by atoms with van der Waals surface area (Å²) in [5.41, 5.74) is 5.86. The lowest BCUT2D eigenvalue weighted by molar-refractivity contribution is -0.124. The minimum atomic E-state index is -0.697. The highest BCUT2D eigenvalue weighted by Gasteiger charge is 2.24. The van der Waals surface area contributed by atoms with Crippen molar-refractivity contribution >= 4 is 11.9 Å². The van der Waals surface area contributed by atoms with Crippen LogP contribution in [0.5, 0.6) is 0 Å². The van der Waals surface area contributed by atoms with Crippen molar-refractivity contribution in [2.75, 3.05) is 0 Å². The topological polar surface area (TPSA) is 113 Å². The maximum absolute atomic E-state index is 12.0. The number of urea groups is 1. The molecule has 0 radical (unpaired) electrons. The van der Waals surface area contributed by atoms with Gasteiger partial charge < -0.3 is 21.4 Å². The van der Waals surface area contributed by atoms with Crippen molar-refractivity contribution in [3.8, 4) is 0 Å². The molecular formula is C11H19N5O2. The number of nitrogens with zero attached hydrogens (tertiary/aromatic N) is 1. The second-order valence-electron chi connectivity index (χ2n) is 4.17. The van der Waals surface area contributed by atoms with Crippen LogP contribution in [-0.4, -0.2) is 27.9 Å². The van der Waals surface area contributed by atoms with E-state index in [0.29, 0.717) is 6.54 Å². The number of nitrogens with one attached hydrogen (secondary N) is 3. The summed E-state index contributed by atoms with van der Waals surface area (Å²) >= 11 is 0. The molecule has 1 aromatic heterocycles. The van der Waals surface area contributed by atoms with Crippen molar-refractivity contribution in [2.24, 2.45) is 11.7 Å². The molecular weight excluding hydrogens is 234 g/mol. The molecule has 0 bridgehead atoms. The van der Waals surface area contributed by atoms with Crippen LogP contribution in [0.25, 0.3) is 0 Å². The van der Waals surface area contributed by atoms with Crippen LogP contribution in [0.2, 0.25) is 0 Å². The molecule has 7 heteroatoms. The van der Waals surface area contributed by atoms with Crippen LogP contribution >= 0.6 is 0 Å². The minimum absolute atomic E-state index is 0.0132. The number of H-pyrrole nitrogens is 1. The number of rotatable bonds is 6. The Bertz CT molecular complexity index is 390. The van der Waals surface area contributed by atoms with Crippen LogP contribution in [0, 0.1) is 5.92 Å². The molecule has 0 fully saturated rings. The smallest absolute Gasteiger partial charge is 0.312 e. The number of hydrogen-bond acceptors (Lipinski definition) is 3. The van der Waals surface area contributed by atoms with E-state index in [2.05, 4.69) is 20.6 Å². The van der Waals surface area contributed by atoms with Crippen molar-refractivity contribution in [1.82, 2.24) is 20.6 Å². The van der Waals surface area contributed by atoms with Gasteiger partial charge in [-0.2, -0.15) is 0 Å². The summed E-state index contributed by atoms with van der Waals surface area (Å²) in [6, 6.07) is -1.31. The molecule has 1 aromatic rings. The van der Waals surface area contributed by atoms with Gasteiger partial charge in [-0.25, -0.2) is 9.78 Å². The first-order chi connectivity index (χ1) is 8.54. The Balaban J connectivity index is 2.55. The SMILES string of the molecule is CCC(C)C(NC(N)=O)C(=O)NCc1cnc[nH]1. The van der Waals surface area contributed by atoms with Crippen molar-refractivity contribution < 1.29 is 9.59 Å². The lowest BCUT2D eigenvalue weighted by Gasteiger charge is -2.22. The van der Waals surface area contributed by atoms with E-state index in [9.17, 15) is 9.59 Å². The van der Waals surface area contributed by atoms with E-state index in [0.717, 1.165) is 12.1 Å². The summed E-state index contributed by atoms with van der Waals surface area (Å²) < 4.78 is 0. The lowest BCUT2D eigenvalue weighted by atomic mass is 9.98. The van der Waals surface area contributed by atoms with Gasteiger partial charge in [0.05, 0.1) is 18.6 Å². The molecule has 0 aliphatic heterocycles. The molecule has 18 heavy (non-hydrogen) atoms. The summed E-state index contributed by atoms with van der Waals surface area (Å²) in [5.74, 6) is -0.239. The first-order valence-corrected chi connectivity index (χ1v) is 5.85. The Hall–Kier alpha value is -2.05. The van der Waals surface area contributed by atoms with Gasteiger partial charge >= 0.3 is 6.03 Å². The van der Waals surface area contributed by atoms with Crippen LogP contribution < -0.4 is 16.4 Å². The Labute approximate surface area is 106 Å². The minimum Gasteiger partial charge on any atom is -0.352 e. The Kier molecular flexibility index (Phi) is 5.16. The molecule has 100 valence electrons. The van der Waals surface area contributed by atoms with Gasteiger partial charge in [0.1, 0.15) is 6.04 Å². The van der Waals surface area contributed by atoms with Crippen molar-refractivity contribution in [3.63, 3.8) is 0 Å². The number of carbonyl (C=O) groups excluding carboxylic acids is 2. The quantitative estimate of drug-likeness (QED) is 0.577. The summed E-state index contributed by atoms with van der Waals surface area (Å²) in [6.45, 7) is 4.17. The van der Waals surface area contributed by atoms with Gasteiger partial charge in [0.25, 0.3) is 0 Å². The molecule has 5 N–H and O–H groups in total. The molecule has 0 spiro atoms. The second-order valence-corrected chi connectivity index (χ2v) is 4.17. The molecule has 7 nitrogen and oxygen atoms in total. The highest BCUT2D eigenvalue weighted by atomic mass is 16.2. The number of aromatic nitrogens is 2. The van der Waals surface area contributed by atoms with Gasteiger partial charge in [0, 0.05) is 6.20 Å². The third-order valence-electron chi connectivity index (χ3n) is 2.80. The normalized spacial score (nSPS) is 13.7. The van der Waals surface area contributed by atoms with Crippen LogP contribution in [0.15, 0.2) is 12.5 Å². The van der Waals surface area contributed by atoms with Crippen molar-refractivity contribution in [3.05, 3.63) is 18.2 Å². The number of nitrogens with two attached hydrogens (primary N) is 1. The van der Waals surface area contributed by atoms with Crippen LogP contribution in [0.3, 0.4) is 0 Å². The average molecular weight is 253 g/mol. The molecule has 0 saturated heterocycles. The fourth-order valence-corrected chi connectivity index (χ4v) is 1.53. The monoisotopic (exact) mass is 253 g/mol. The first kappa shape index (κ1) is 14.0. The number of primary amides is 1. The van der Waals surface area contributed by atoms with Crippen molar-refractivity contribution in [2.45, 2.75) is 32.9 Å². The van der Waals surface area contributed by atoms with E-state index in [4.69, 9.17) is 5.73 Å². The van der Waals surface area contributed by atoms with Crippen molar-refractivity contribution in [1.29, 1.82) is 0 Å². The van der Waals surface area contributed by atoms with E-state index in [1.807, 2.05) is 13.8 Å². The zero-order valence-electron chi connectivity index (χ0n) is 10.6. The Morgan fingerprint density at radius 1 is 1.56 bits per heavy atom. The summed E-state index contributed by atoms with van der Waals surface area (Å²) in [6.07, 6.45) is 3.93. The molecule has 3 amide bonds. The molecule has 0 aliphatic carbocycles. The van der Waals surface area contributed by atoms with Gasteiger partial charge in [0.2, 0.25) is 5.91 Å². The fraction of sp³-hybridized carbons (Fsp3) is 0.545. The first-order valence-electron chi connectivity index (χ1n) is 5.85. The Morgan fingerprint density at radius 2 is 2.28 bits per heavy atom. The van der Waals surface area contributed by atoms with Crippen LogP contribution in [0.4, 0.5) is 4.79 Å². The van der Waals surface area contributed by atoms with Crippen LogP contribution in [-0.2, 0) is 11.3 Å². The summed E-state index contributed by atoms with van der Waals surface area (Å²) in [4.78, 5) is 29.6. The number of amides is 3. The molecule has 0 aromatic carbocycles.